The van der Waals surface area contributed by atoms with Gasteiger partial charge in [-0.1, -0.05) is 6.07 Å². The number of aromatic nitrogens is 2. The molecule has 1 aromatic carbocycles. The number of aliphatic hydroxyl groups excluding tert-OH is 2. The van der Waals surface area contributed by atoms with Crippen LogP contribution in [-0.4, -0.2) is 61.6 Å². The Morgan fingerprint density at radius 2 is 2.06 bits per heavy atom. The number of rotatable bonds is 8. The number of nitrogens with one attached hydrogen (secondary N) is 1. The Hall–Kier alpha value is -2.70. The summed E-state index contributed by atoms with van der Waals surface area (Å²) in [4.78, 5) is 34.9. The number of anilines is 1. The summed E-state index contributed by atoms with van der Waals surface area (Å²) in [6.07, 6.45) is -1.43. The number of hydrogen-bond donors (Lipinski definition) is 3. The molecule has 0 bridgehead atoms. The minimum absolute atomic E-state index is 0.0400. The molecule has 3 N–H and O–H groups in total. The summed E-state index contributed by atoms with van der Waals surface area (Å²) in [5.74, 6) is -0.714. The smallest absolute Gasteiger partial charge is 0.393 e. The second-order valence-electron chi connectivity index (χ2n) is 7.07. The maximum Gasteiger partial charge on any atom is 0.416 e. The van der Waals surface area contributed by atoms with E-state index in [-0.39, 0.29) is 35.6 Å². The van der Waals surface area contributed by atoms with Crippen molar-refractivity contribution in [2.24, 2.45) is 0 Å². The summed E-state index contributed by atoms with van der Waals surface area (Å²) in [7, 11) is 0. The average Bonchev–Trinajstić information content (AvgIpc) is 3.09. The summed E-state index contributed by atoms with van der Waals surface area (Å²) >= 11 is 1.44. The zero-order valence-electron chi connectivity index (χ0n) is 17.0. The van der Waals surface area contributed by atoms with E-state index in [1.54, 1.807) is 0 Å². The lowest BCUT2D eigenvalue weighted by Gasteiger charge is -2.26. The van der Waals surface area contributed by atoms with Gasteiger partial charge in [0.15, 0.2) is 5.82 Å². The van der Waals surface area contributed by atoms with Gasteiger partial charge in [-0.2, -0.15) is 24.9 Å². The van der Waals surface area contributed by atoms with E-state index in [1.165, 1.54) is 36.3 Å². The number of nitrogens with zero attached hydrogens (tertiary/aromatic N) is 3. The molecule has 1 aromatic heterocycles. The van der Waals surface area contributed by atoms with Crippen molar-refractivity contribution in [1.29, 1.82) is 0 Å². The van der Waals surface area contributed by atoms with Crippen LogP contribution in [0.15, 0.2) is 30.6 Å². The fourth-order valence-corrected chi connectivity index (χ4v) is 3.87. The molecule has 1 aliphatic rings. The molecule has 8 nitrogen and oxygen atoms in total. The number of carbonyl (C=O) groups excluding carboxylic acids is 2. The minimum atomic E-state index is -4.62. The molecule has 1 aliphatic heterocycles. The van der Waals surface area contributed by atoms with Gasteiger partial charge in [-0.15, -0.1) is 0 Å². The maximum absolute atomic E-state index is 13.4. The van der Waals surface area contributed by atoms with Gasteiger partial charge in [0.05, 0.1) is 30.3 Å². The van der Waals surface area contributed by atoms with Crippen LogP contribution in [0, 0.1) is 0 Å². The van der Waals surface area contributed by atoms with Crippen molar-refractivity contribution in [3.8, 4) is 0 Å². The van der Waals surface area contributed by atoms with Gasteiger partial charge in [-0.25, -0.2) is 4.98 Å². The zero-order chi connectivity index (χ0) is 23.5. The molecule has 12 heteroatoms. The number of carbonyl (C=O) groups is 2. The Kier molecular flexibility index (Phi) is 7.36. The van der Waals surface area contributed by atoms with E-state index in [2.05, 4.69) is 15.3 Å². The summed E-state index contributed by atoms with van der Waals surface area (Å²) in [5.41, 5.74) is -0.994. The Bertz CT molecular complexity index is 988. The van der Waals surface area contributed by atoms with Crippen molar-refractivity contribution in [3.63, 3.8) is 0 Å². The quantitative estimate of drug-likeness (QED) is 0.542. The number of amides is 2. The highest BCUT2D eigenvalue weighted by atomic mass is 32.2. The highest BCUT2D eigenvalue weighted by Crippen LogP contribution is 2.38. The molecule has 32 heavy (non-hydrogen) atoms. The molecule has 0 fully saturated rings. The molecule has 2 aromatic rings. The number of fused-ring (bicyclic) bond motifs is 1. The van der Waals surface area contributed by atoms with Crippen LogP contribution in [0.2, 0.25) is 0 Å². The van der Waals surface area contributed by atoms with Gasteiger partial charge in [-0.3, -0.25) is 14.6 Å². The first-order valence-corrected chi connectivity index (χ1v) is 11.0. The second kappa shape index (κ2) is 9.84. The second-order valence-corrected chi connectivity index (χ2v) is 8.06. The Balaban J connectivity index is 1.83. The molecule has 2 heterocycles. The SMILES string of the molecule is CSCC[C@@H](C(=O)Nc1cnc(C(O)CO)cn1)N1Cc2c(cccc2C(F)(F)F)C1=O. The van der Waals surface area contributed by atoms with E-state index in [1.807, 2.05) is 6.26 Å². The molecular weight excluding hydrogens is 449 g/mol. The van der Waals surface area contributed by atoms with Crippen LogP contribution >= 0.6 is 11.8 Å². The average molecular weight is 470 g/mol. The van der Waals surface area contributed by atoms with Crippen LogP contribution in [0.5, 0.6) is 0 Å². The molecule has 2 atom stereocenters. The molecule has 2 amide bonds. The lowest BCUT2D eigenvalue weighted by molar-refractivity contribution is -0.138. The van der Waals surface area contributed by atoms with E-state index < -0.39 is 42.3 Å². The molecule has 0 saturated heterocycles. The van der Waals surface area contributed by atoms with Gasteiger partial charge in [0.1, 0.15) is 12.1 Å². The van der Waals surface area contributed by atoms with E-state index >= 15 is 0 Å². The van der Waals surface area contributed by atoms with E-state index in [0.29, 0.717) is 5.75 Å². The maximum atomic E-state index is 13.4. The fraction of sp³-hybridized carbons (Fsp3) is 0.400. The number of hydrogen-bond acceptors (Lipinski definition) is 7. The summed E-state index contributed by atoms with van der Waals surface area (Å²) in [6.45, 7) is -0.877. The zero-order valence-corrected chi connectivity index (χ0v) is 17.8. The largest absolute Gasteiger partial charge is 0.416 e. The number of thioether (sulfide) groups is 1. The van der Waals surface area contributed by atoms with Gasteiger partial charge in [0.2, 0.25) is 5.91 Å². The first-order valence-electron chi connectivity index (χ1n) is 9.58. The lowest BCUT2D eigenvalue weighted by Crippen LogP contribution is -2.44. The van der Waals surface area contributed by atoms with Crippen LogP contribution < -0.4 is 5.32 Å². The topological polar surface area (TPSA) is 116 Å². The monoisotopic (exact) mass is 470 g/mol. The fourth-order valence-electron chi connectivity index (χ4n) is 3.41. The molecule has 172 valence electrons. The van der Waals surface area contributed by atoms with Crippen molar-refractivity contribution < 1.29 is 33.0 Å². The Labute approximate surface area is 185 Å². The van der Waals surface area contributed by atoms with Crippen molar-refractivity contribution >= 4 is 29.4 Å². The third-order valence-corrected chi connectivity index (χ3v) is 5.66. The molecule has 1 unspecified atom stereocenters. The van der Waals surface area contributed by atoms with Gasteiger partial charge >= 0.3 is 6.18 Å². The Morgan fingerprint density at radius 1 is 1.31 bits per heavy atom. The van der Waals surface area contributed by atoms with E-state index in [0.717, 1.165) is 11.0 Å². The van der Waals surface area contributed by atoms with Crippen molar-refractivity contribution in [2.75, 3.05) is 23.9 Å². The van der Waals surface area contributed by atoms with Gasteiger partial charge in [0.25, 0.3) is 5.91 Å². The number of alkyl halides is 3. The van der Waals surface area contributed by atoms with Crippen molar-refractivity contribution in [1.82, 2.24) is 14.9 Å². The normalized spacial score (nSPS) is 15.4. The first kappa shape index (κ1) is 24.0. The van der Waals surface area contributed by atoms with Crippen LogP contribution in [0.4, 0.5) is 19.0 Å². The van der Waals surface area contributed by atoms with Crippen LogP contribution in [0.25, 0.3) is 0 Å². The van der Waals surface area contributed by atoms with Crippen molar-refractivity contribution in [3.05, 3.63) is 53.0 Å². The molecule has 0 radical (unpaired) electrons. The summed E-state index contributed by atoms with van der Waals surface area (Å²) < 4.78 is 40.2. The van der Waals surface area contributed by atoms with Gasteiger partial charge in [0, 0.05) is 12.1 Å². The van der Waals surface area contributed by atoms with E-state index in [9.17, 15) is 27.9 Å². The molecule has 3 rings (SSSR count). The van der Waals surface area contributed by atoms with E-state index in [4.69, 9.17) is 5.11 Å². The first-order chi connectivity index (χ1) is 15.2. The number of halogens is 3. The predicted molar refractivity (Wildman–Crippen MR) is 111 cm³/mol. The minimum Gasteiger partial charge on any atom is -0.393 e. The van der Waals surface area contributed by atoms with Crippen molar-refractivity contribution in [2.45, 2.75) is 31.3 Å². The predicted octanol–water partition coefficient (Wildman–Crippen LogP) is 2.24. The van der Waals surface area contributed by atoms with Crippen LogP contribution in [0.3, 0.4) is 0 Å². The Morgan fingerprint density at radius 3 is 2.66 bits per heavy atom. The molecular formula is C20H21F3N4O4S. The third-order valence-electron chi connectivity index (χ3n) is 5.01. The number of aliphatic hydroxyl groups is 2. The highest BCUT2D eigenvalue weighted by molar-refractivity contribution is 7.98. The molecule has 0 spiro atoms. The lowest BCUT2D eigenvalue weighted by atomic mass is 10.0. The summed E-state index contributed by atoms with van der Waals surface area (Å²) in [6, 6.07) is 2.41. The molecule has 0 aliphatic carbocycles. The number of benzene rings is 1. The third kappa shape index (κ3) is 5.03. The van der Waals surface area contributed by atoms with Gasteiger partial charge in [-0.05, 0) is 36.1 Å². The van der Waals surface area contributed by atoms with Gasteiger partial charge < -0.3 is 20.4 Å². The standard InChI is InChI=1S/C20H21F3N4O4S/c1-32-6-5-15(18(30)26-17-8-24-14(7-25-17)16(29)10-28)27-9-12-11(19(27)31)3-2-4-13(12)20(21,22)23/h2-4,7-8,15-16,28-29H,5-6,9-10H2,1H3,(H,25,26,30)/t15-,16?/m0/s1. The van der Waals surface area contributed by atoms with Crippen LogP contribution in [-0.2, 0) is 17.5 Å². The molecule has 0 saturated carbocycles. The summed E-state index contributed by atoms with van der Waals surface area (Å²) in [5, 5.41) is 21.0. The highest BCUT2D eigenvalue weighted by Gasteiger charge is 2.42. The van der Waals surface area contributed by atoms with Crippen LogP contribution in [0.1, 0.15) is 39.7 Å².